The van der Waals surface area contributed by atoms with Gasteiger partial charge in [-0.1, -0.05) is 35.5 Å². The molecule has 0 unspecified atom stereocenters. The van der Waals surface area contributed by atoms with Crippen LogP contribution in [0.1, 0.15) is 47.8 Å². The first-order chi connectivity index (χ1) is 12.8. The highest BCUT2D eigenvalue weighted by Gasteiger charge is 2.26. The fourth-order valence-electron chi connectivity index (χ4n) is 4.07. The van der Waals surface area contributed by atoms with Gasteiger partial charge in [-0.2, -0.15) is 0 Å². The molecule has 2 aromatic rings. The molecule has 6 heteroatoms. The van der Waals surface area contributed by atoms with E-state index in [1.807, 2.05) is 15.8 Å². The number of nitrogens with zero attached hydrogens (tertiary/aromatic N) is 4. The summed E-state index contributed by atoms with van der Waals surface area (Å²) in [7, 11) is 0. The number of carbonyl (C=O) groups excluding carboxylic acids is 1. The molecule has 3 heterocycles. The minimum absolute atomic E-state index is 0.0309. The molecule has 0 radical (unpaired) electrons. The van der Waals surface area contributed by atoms with Crippen molar-refractivity contribution in [1.29, 1.82) is 0 Å². The van der Waals surface area contributed by atoms with Crippen molar-refractivity contribution < 1.29 is 4.79 Å². The van der Waals surface area contributed by atoms with Crippen LogP contribution in [0.3, 0.4) is 0 Å². The molecule has 0 aliphatic carbocycles. The van der Waals surface area contributed by atoms with Crippen LogP contribution >= 0.6 is 0 Å². The van der Waals surface area contributed by atoms with Gasteiger partial charge in [0.25, 0.3) is 5.91 Å². The predicted molar refractivity (Wildman–Crippen MR) is 99.9 cm³/mol. The van der Waals surface area contributed by atoms with Gasteiger partial charge in [0.2, 0.25) is 0 Å². The van der Waals surface area contributed by atoms with Crippen LogP contribution in [0.25, 0.3) is 0 Å². The van der Waals surface area contributed by atoms with Crippen LogP contribution in [0.15, 0.2) is 36.5 Å². The number of carbonyl (C=O) groups is 1. The molecule has 138 valence electrons. The fraction of sp³-hybridized carbons (Fsp3) is 0.550. The zero-order valence-corrected chi connectivity index (χ0v) is 15.2. The summed E-state index contributed by atoms with van der Waals surface area (Å²) >= 11 is 0. The van der Waals surface area contributed by atoms with Crippen molar-refractivity contribution >= 4 is 5.91 Å². The summed E-state index contributed by atoms with van der Waals surface area (Å²) in [5.41, 5.74) is 1.88. The van der Waals surface area contributed by atoms with E-state index in [1.165, 1.54) is 5.56 Å². The Morgan fingerprint density at radius 3 is 2.54 bits per heavy atom. The lowest BCUT2D eigenvalue weighted by atomic mass is 9.90. The highest BCUT2D eigenvalue weighted by Crippen LogP contribution is 2.23. The maximum Gasteiger partial charge on any atom is 0.276 e. The molecule has 0 spiro atoms. The van der Waals surface area contributed by atoms with Crippen molar-refractivity contribution in [3.8, 4) is 0 Å². The molecule has 0 bridgehead atoms. The Morgan fingerprint density at radius 2 is 1.81 bits per heavy atom. The molecule has 2 fully saturated rings. The van der Waals surface area contributed by atoms with Crippen LogP contribution in [0.2, 0.25) is 0 Å². The van der Waals surface area contributed by atoms with Gasteiger partial charge in [-0.05, 0) is 56.7 Å². The van der Waals surface area contributed by atoms with Gasteiger partial charge in [-0.15, -0.1) is 5.10 Å². The summed E-state index contributed by atoms with van der Waals surface area (Å²) in [4.78, 5) is 14.7. The zero-order valence-electron chi connectivity index (χ0n) is 15.2. The maximum atomic E-state index is 12.8. The molecule has 2 saturated heterocycles. The summed E-state index contributed by atoms with van der Waals surface area (Å²) in [6.45, 7) is 3.64. The molecular weight excluding hydrogens is 326 g/mol. The van der Waals surface area contributed by atoms with Crippen molar-refractivity contribution in [2.45, 2.75) is 38.1 Å². The topological polar surface area (TPSA) is 63.1 Å². The van der Waals surface area contributed by atoms with E-state index < -0.39 is 0 Å². The highest BCUT2D eigenvalue weighted by molar-refractivity contribution is 5.92. The molecule has 1 aromatic carbocycles. The van der Waals surface area contributed by atoms with Gasteiger partial charge in [-0.3, -0.25) is 4.79 Å². The van der Waals surface area contributed by atoms with Crippen molar-refractivity contribution in [3.05, 3.63) is 47.8 Å². The predicted octanol–water partition coefficient (Wildman–Crippen LogP) is 2.30. The van der Waals surface area contributed by atoms with Crippen LogP contribution < -0.4 is 5.32 Å². The normalized spacial score (nSPS) is 19.6. The SMILES string of the molecule is O=C(c1cn(C2CCNCC2)nn1)N1CCC(Cc2ccccc2)CC1. The Labute approximate surface area is 154 Å². The third-order valence-electron chi connectivity index (χ3n) is 5.68. The number of hydrogen-bond donors (Lipinski definition) is 1. The first-order valence-corrected chi connectivity index (χ1v) is 9.75. The van der Waals surface area contributed by atoms with Gasteiger partial charge in [0.15, 0.2) is 5.69 Å². The number of rotatable bonds is 4. The third kappa shape index (κ3) is 3.96. The minimum atomic E-state index is 0.0309. The highest BCUT2D eigenvalue weighted by atomic mass is 16.2. The van der Waals surface area contributed by atoms with E-state index >= 15 is 0 Å². The van der Waals surface area contributed by atoms with E-state index in [9.17, 15) is 4.79 Å². The molecular formula is C20H27N5O. The standard InChI is InChI=1S/C20H27N5O/c26-20(19-15-25(23-22-19)18-6-10-21-11-7-18)24-12-8-17(9-13-24)14-16-4-2-1-3-5-16/h1-5,15,17-18,21H,6-14H2. The van der Waals surface area contributed by atoms with Gasteiger partial charge in [-0.25, -0.2) is 4.68 Å². The van der Waals surface area contributed by atoms with E-state index in [1.54, 1.807) is 0 Å². The van der Waals surface area contributed by atoms with E-state index in [2.05, 4.69) is 46.0 Å². The Kier molecular flexibility index (Phi) is 5.29. The lowest BCUT2D eigenvalue weighted by molar-refractivity contribution is 0.0684. The summed E-state index contributed by atoms with van der Waals surface area (Å²) in [5, 5.41) is 11.7. The van der Waals surface area contributed by atoms with Crippen LogP contribution in [0.5, 0.6) is 0 Å². The first-order valence-electron chi connectivity index (χ1n) is 9.75. The van der Waals surface area contributed by atoms with Crippen LogP contribution in [0.4, 0.5) is 0 Å². The second-order valence-corrected chi connectivity index (χ2v) is 7.49. The van der Waals surface area contributed by atoms with Gasteiger partial charge < -0.3 is 10.2 Å². The Hall–Kier alpha value is -2.21. The van der Waals surface area contributed by atoms with Crippen molar-refractivity contribution in [3.63, 3.8) is 0 Å². The molecule has 6 nitrogen and oxygen atoms in total. The molecule has 0 saturated carbocycles. The van der Waals surface area contributed by atoms with Gasteiger partial charge in [0, 0.05) is 13.1 Å². The lowest BCUT2D eigenvalue weighted by Gasteiger charge is -2.31. The molecule has 0 atom stereocenters. The smallest absolute Gasteiger partial charge is 0.276 e. The molecule has 2 aliphatic rings. The Balaban J connectivity index is 1.31. The quantitative estimate of drug-likeness (QED) is 0.916. The van der Waals surface area contributed by atoms with Gasteiger partial charge in [0.1, 0.15) is 0 Å². The average Bonchev–Trinajstić information content (AvgIpc) is 3.20. The first kappa shape index (κ1) is 17.2. The molecule has 4 rings (SSSR count). The largest absolute Gasteiger partial charge is 0.337 e. The summed E-state index contributed by atoms with van der Waals surface area (Å²) < 4.78 is 1.89. The van der Waals surface area contributed by atoms with E-state index in [4.69, 9.17) is 0 Å². The van der Waals surface area contributed by atoms with Crippen LogP contribution in [0, 0.1) is 5.92 Å². The lowest BCUT2D eigenvalue weighted by Crippen LogP contribution is -2.39. The van der Waals surface area contributed by atoms with Crippen molar-refractivity contribution in [2.24, 2.45) is 5.92 Å². The van der Waals surface area contributed by atoms with Gasteiger partial charge in [0.05, 0.1) is 12.2 Å². The Bertz CT molecular complexity index is 715. The van der Waals surface area contributed by atoms with Crippen molar-refractivity contribution in [1.82, 2.24) is 25.2 Å². The number of aromatic nitrogens is 3. The van der Waals surface area contributed by atoms with Crippen LogP contribution in [-0.4, -0.2) is 52.0 Å². The summed E-state index contributed by atoms with van der Waals surface area (Å²) in [6.07, 6.45) is 7.15. The van der Waals surface area contributed by atoms with E-state index in [0.717, 1.165) is 58.3 Å². The number of nitrogens with one attached hydrogen (secondary N) is 1. The molecule has 1 aromatic heterocycles. The van der Waals surface area contributed by atoms with E-state index in [-0.39, 0.29) is 5.91 Å². The monoisotopic (exact) mass is 353 g/mol. The number of benzene rings is 1. The number of amides is 1. The van der Waals surface area contributed by atoms with Crippen molar-refractivity contribution in [2.75, 3.05) is 26.2 Å². The number of likely N-dealkylation sites (tertiary alicyclic amines) is 1. The summed E-state index contributed by atoms with van der Waals surface area (Å²) in [6, 6.07) is 11.0. The molecule has 26 heavy (non-hydrogen) atoms. The molecule has 2 aliphatic heterocycles. The molecule has 1 amide bonds. The van der Waals surface area contributed by atoms with Gasteiger partial charge >= 0.3 is 0 Å². The third-order valence-corrected chi connectivity index (χ3v) is 5.68. The van der Waals surface area contributed by atoms with E-state index in [0.29, 0.717) is 17.7 Å². The zero-order chi connectivity index (χ0) is 17.8. The maximum absolute atomic E-state index is 12.8. The minimum Gasteiger partial charge on any atom is -0.337 e. The Morgan fingerprint density at radius 1 is 1.08 bits per heavy atom. The second-order valence-electron chi connectivity index (χ2n) is 7.49. The van der Waals surface area contributed by atoms with Crippen LogP contribution in [-0.2, 0) is 6.42 Å². The fourth-order valence-corrected chi connectivity index (χ4v) is 4.07. The number of piperidine rings is 2. The number of hydrogen-bond acceptors (Lipinski definition) is 4. The second kappa shape index (κ2) is 7.99. The molecule has 1 N–H and O–H groups in total. The summed E-state index contributed by atoms with van der Waals surface area (Å²) in [5.74, 6) is 0.690. The average molecular weight is 353 g/mol.